The third-order valence-corrected chi connectivity index (χ3v) is 7.65. The minimum atomic E-state index is 0.000215. The predicted molar refractivity (Wildman–Crippen MR) is 144 cm³/mol. The second-order valence-electron chi connectivity index (χ2n) is 10.2. The predicted octanol–water partition coefficient (Wildman–Crippen LogP) is 4.43. The number of carbonyl (C=O) groups excluding carboxylic acids is 1. The summed E-state index contributed by atoms with van der Waals surface area (Å²) in [6, 6.07) is 19.7. The molecule has 7 nitrogen and oxygen atoms in total. The Kier molecular flexibility index (Phi) is 7.24. The number of piperidine rings is 1. The molecule has 37 heavy (non-hydrogen) atoms. The minimum Gasteiger partial charge on any atom is -0.464 e. The number of hydrogen-bond acceptors (Lipinski definition) is 5. The number of rotatable bonds is 7. The lowest BCUT2D eigenvalue weighted by Gasteiger charge is -2.40. The molecule has 0 unspecified atom stereocenters. The van der Waals surface area contributed by atoms with Crippen LogP contribution in [-0.2, 0) is 20.0 Å². The second-order valence-corrected chi connectivity index (χ2v) is 10.2. The molecule has 0 aliphatic carbocycles. The Morgan fingerprint density at radius 1 is 1.11 bits per heavy atom. The van der Waals surface area contributed by atoms with Gasteiger partial charge in [-0.2, -0.15) is 5.10 Å². The fraction of sp³-hybridized carbons (Fsp3) is 0.367. The highest BCUT2D eigenvalue weighted by atomic mass is 16.3. The molecule has 192 valence electrons. The lowest BCUT2D eigenvalue weighted by molar-refractivity contribution is 0.0574. The zero-order valence-corrected chi connectivity index (χ0v) is 21.8. The summed E-state index contributed by atoms with van der Waals surface area (Å²) in [5.41, 5.74) is 4.03. The van der Waals surface area contributed by atoms with E-state index in [0.29, 0.717) is 34.7 Å². The van der Waals surface area contributed by atoms with Crippen molar-refractivity contribution in [2.75, 3.05) is 20.1 Å². The zero-order chi connectivity index (χ0) is 25.9. The Bertz CT molecular complexity index is 1430. The van der Waals surface area contributed by atoms with Crippen molar-refractivity contribution in [2.45, 2.75) is 38.8 Å². The first-order chi connectivity index (χ1) is 17.9. The highest BCUT2D eigenvalue weighted by Gasteiger charge is 2.33. The van der Waals surface area contributed by atoms with Gasteiger partial charge in [-0.3, -0.25) is 19.2 Å². The van der Waals surface area contributed by atoms with E-state index in [2.05, 4.69) is 34.3 Å². The van der Waals surface area contributed by atoms with Crippen LogP contribution in [0.25, 0.3) is 11.0 Å². The van der Waals surface area contributed by atoms with Crippen molar-refractivity contribution >= 4 is 16.9 Å². The van der Waals surface area contributed by atoms with E-state index in [1.54, 1.807) is 10.9 Å². The van der Waals surface area contributed by atoms with E-state index in [9.17, 15) is 9.59 Å². The molecule has 0 radical (unpaired) electrons. The maximum atomic E-state index is 13.5. The number of likely N-dealkylation sites (N-methyl/N-ethyl adjacent to an activating group) is 1. The van der Waals surface area contributed by atoms with Crippen molar-refractivity contribution in [1.82, 2.24) is 19.6 Å². The molecule has 1 saturated heterocycles. The third kappa shape index (κ3) is 5.37. The van der Waals surface area contributed by atoms with Crippen LogP contribution in [0, 0.1) is 12.8 Å². The Hall–Kier alpha value is -3.71. The van der Waals surface area contributed by atoms with Crippen molar-refractivity contribution < 1.29 is 9.21 Å². The largest absolute Gasteiger partial charge is 0.464 e. The second kappa shape index (κ2) is 10.7. The summed E-state index contributed by atoms with van der Waals surface area (Å²) in [5, 5.41) is 5.00. The topological polar surface area (TPSA) is 71.6 Å². The number of carbonyl (C=O) groups is 1. The molecule has 1 atom stereocenters. The molecule has 0 N–H and O–H groups in total. The van der Waals surface area contributed by atoms with Gasteiger partial charge in [-0.15, -0.1) is 0 Å². The fourth-order valence-electron chi connectivity index (χ4n) is 5.58. The summed E-state index contributed by atoms with van der Waals surface area (Å²) in [6.07, 6.45) is 4.33. The van der Waals surface area contributed by atoms with Crippen molar-refractivity contribution in [3.05, 3.63) is 99.7 Å². The van der Waals surface area contributed by atoms with E-state index in [1.165, 1.54) is 5.56 Å². The van der Waals surface area contributed by atoms with Gasteiger partial charge in [0.05, 0.1) is 17.3 Å². The summed E-state index contributed by atoms with van der Waals surface area (Å²) in [7, 11) is 3.74. The molecule has 2 aromatic heterocycles. The fourth-order valence-corrected chi connectivity index (χ4v) is 5.58. The van der Waals surface area contributed by atoms with Gasteiger partial charge >= 0.3 is 0 Å². The number of nitrogens with zero attached hydrogens (tertiary/aromatic N) is 4. The number of benzene rings is 2. The van der Waals surface area contributed by atoms with Gasteiger partial charge in [0.1, 0.15) is 11.3 Å². The molecule has 1 aliphatic rings. The molecule has 0 spiro atoms. The van der Waals surface area contributed by atoms with Crippen LogP contribution in [0.4, 0.5) is 0 Å². The first-order valence-electron chi connectivity index (χ1n) is 12.9. The molecular formula is C30H34N4O3. The van der Waals surface area contributed by atoms with Gasteiger partial charge in [-0.25, -0.2) is 0 Å². The Morgan fingerprint density at radius 3 is 2.51 bits per heavy atom. The van der Waals surface area contributed by atoms with Crippen LogP contribution in [0.2, 0.25) is 0 Å². The first kappa shape index (κ1) is 25.0. The number of aryl methyl sites for hydroxylation is 2. The number of aromatic nitrogens is 2. The quantitative estimate of drug-likeness (QED) is 0.377. The number of hydrogen-bond donors (Lipinski definition) is 0. The van der Waals surface area contributed by atoms with Gasteiger partial charge in [0.15, 0.2) is 5.43 Å². The Labute approximate surface area is 217 Å². The highest BCUT2D eigenvalue weighted by molar-refractivity contribution is 5.92. The van der Waals surface area contributed by atoms with Crippen LogP contribution in [0.3, 0.4) is 0 Å². The van der Waals surface area contributed by atoms with Gasteiger partial charge in [-0.1, -0.05) is 42.5 Å². The highest BCUT2D eigenvalue weighted by Crippen LogP contribution is 2.28. The van der Waals surface area contributed by atoms with E-state index in [0.717, 1.165) is 38.0 Å². The van der Waals surface area contributed by atoms with Crippen molar-refractivity contribution in [3.63, 3.8) is 0 Å². The molecule has 1 fully saturated rings. The average Bonchev–Trinajstić information content (AvgIpc) is 3.27. The van der Waals surface area contributed by atoms with E-state index >= 15 is 0 Å². The van der Waals surface area contributed by atoms with E-state index in [1.807, 2.05) is 62.3 Å². The number of fused-ring (bicyclic) bond motifs is 1. The summed E-state index contributed by atoms with van der Waals surface area (Å²) in [6.45, 7) is 4.22. The monoisotopic (exact) mass is 498 g/mol. The van der Waals surface area contributed by atoms with Crippen LogP contribution >= 0.6 is 0 Å². The number of likely N-dealkylation sites (tertiary alicyclic amines) is 1. The molecule has 1 amide bonds. The summed E-state index contributed by atoms with van der Waals surface area (Å²) in [4.78, 5) is 30.7. The van der Waals surface area contributed by atoms with Gasteiger partial charge in [-0.05, 0) is 69.0 Å². The molecule has 2 aromatic carbocycles. The molecule has 5 rings (SSSR count). The van der Waals surface area contributed by atoms with Crippen molar-refractivity contribution in [3.8, 4) is 0 Å². The van der Waals surface area contributed by atoms with Crippen molar-refractivity contribution in [1.29, 1.82) is 0 Å². The van der Waals surface area contributed by atoms with E-state index < -0.39 is 0 Å². The minimum absolute atomic E-state index is 0.000215. The molecule has 0 saturated carbocycles. The summed E-state index contributed by atoms with van der Waals surface area (Å²) < 4.78 is 7.40. The summed E-state index contributed by atoms with van der Waals surface area (Å²) in [5.74, 6) is 0.355. The lowest BCUT2D eigenvalue weighted by atomic mass is 9.84. The molecule has 1 aliphatic heterocycles. The molecule has 4 aromatic rings. The van der Waals surface area contributed by atoms with Crippen LogP contribution in [0.1, 0.15) is 40.2 Å². The molecular weight excluding hydrogens is 464 g/mol. The van der Waals surface area contributed by atoms with Gasteiger partial charge in [0.25, 0.3) is 5.91 Å². The van der Waals surface area contributed by atoms with Crippen LogP contribution in [0.5, 0.6) is 0 Å². The van der Waals surface area contributed by atoms with E-state index in [-0.39, 0.29) is 17.4 Å². The average molecular weight is 499 g/mol. The smallest absolute Gasteiger partial charge is 0.272 e. The summed E-state index contributed by atoms with van der Waals surface area (Å²) >= 11 is 0. The number of para-hydroxylation sites is 1. The maximum Gasteiger partial charge on any atom is 0.272 e. The standard InChI is InChI=1S/C30H34N4O3/c1-21-17-27(33(3)31-21)30(36)32(2)26(18-22-9-5-4-6-10-22)23-13-15-34(16-14-23)19-24-20-37-28-12-8-7-11-25(28)29(24)35/h4-12,17,20,23,26H,13-16,18-19H2,1-3H3/t26-/m1/s1. The molecule has 7 heteroatoms. The normalized spacial score (nSPS) is 15.6. The molecule has 3 heterocycles. The van der Waals surface area contributed by atoms with Gasteiger partial charge < -0.3 is 9.32 Å². The Morgan fingerprint density at radius 2 is 1.81 bits per heavy atom. The van der Waals surface area contributed by atoms with Gasteiger partial charge in [0.2, 0.25) is 0 Å². The lowest BCUT2D eigenvalue weighted by Crippen LogP contribution is -2.47. The zero-order valence-electron chi connectivity index (χ0n) is 21.8. The first-order valence-corrected chi connectivity index (χ1v) is 12.9. The van der Waals surface area contributed by atoms with Crippen LogP contribution in [-0.4, -0.2) is 51.7 Å². The van der Waals surface area contributed by atoms with E-state index in [4.69, 9.17) is 4.42 Å². The van der Waals surface area contributed by atoms with Crippen LogP contribution in [0.15, 0.2) is 76.1 Å². The van der Waals surface area contributed by atoms with Crippen molar-refractivity contribution in [2.24, 2.45) is 13.0 Å². The molecule has 0 bridgehead atoms. The SMILES string of the molecule is Cc1cc(C(=O)N(C)[C@H](Cc2ccccc2)C2CCN(Cc3coc4ccccc4c3=O)CC2)n(C)n1. The van der Waals surface area contributed by atoms with Gasteiger partial charge in [0, 0.05) is 32.2 Å². The number of amides is 1. The van der Waals surface area contributed by atoms with Crippen LogP contribution < -0.4 is 5.43 Å². The Balaban J connectivity index is 1.31. The maximum absolute atomic E-state index is 13.5. The third-order valence-electron chi connectivity index (χ3n) is 7.65.